The van der Waals surface area contributed by atoms with Gasteiger partial charge in [-0.1, -0.05) is 0 Å². The minimum absolute atomic E-state index is 0.0119. The molecule has 2 rings (SSSR count). The van der Waals surface area contributed by atoms with E-state index in [1.54, 1.807) is 19.0 Å². The fourth-order valence-corrected chi connectivity index (χ4v) is 2.59. The third-order valence-electron chi connectivity index (χ3n) is 4.20. The van der Waals surface area contributed by atoms with Crippen LogP contribution in [0.2, 0.25) is 0 Å². The van der Waals surface area contributed by atoms with Gasteiger partial charge >= 0.3 is 6.18 Å². The van der Waals surface area contributed by atoms with Gasteiger partial charge in [0.1, 0.15) is 30.7 Å². The van der Waals surface area contributed by atoms with Crippen LogP contribution in [0.25, 0.3) is 11.5 Å². The molecule has 0 radical (unpaired) electrons. The van der Waals surface area contributed by atoms with Gasteiger partial charge in [0.25, 0.3) is 5.91 Å². The van der Waals surface area contributed by atoms with Crippen molar-refractivity contribution in [3.8, 4) is 11.5 Å². The molecular weight excluding hydrogens is 443 g/mol. The number of amides is 1. The highest BCUT2D eigenvalue weighted by atomic mass is 19.4. The Hall–Kier alpha value is -3.90. The molecule has 1 amide bonds. The summed E-state index contributed by atoms with van der Waals surface area (Å²) in [6.45, 7) is -0.811. The average molecular weight is 467 g/mol. The first-order chi connectivity index (χ1) is 15.6. The van der Waals surface area contributed by atoms with Crippen LogP contribution in [-0.4, -0.2) is 66.3 Å². The fourth-order valence-electron chi connectivity index (χ4n) is 2.59. The number of hydrogen-bond acceptors (Lipinski definition) is 8. The molecule has 2 aromatic heterocycles. The van der Waals surface area contributed by atoms with E-state index in [2.05, 4.69) is 25.9 Å². The fraction of sp³-hybridized carbons (Fsp3) is 0.350. The Kier molecular flexibility index (Phi) is 8.95. The number of unbranched alkanes of at least 4 members (excludes halogenated alkanes) is 1. The van der Waals surface area contributed by atoms with Gasteiger partial charge in [0.15, 0.2) is 5.69 Å². The van der Waals surface area contributed by atoms with E-state index in [1.165, 1.54) is 24.5 Å². The van der Waals surface area contributed by atoms with Crippen molar-refractivity contribution >= 4 is 23.8 Å². The zero-order chi connectivity index (χ0) is 24.4. The number of aromatic nitrogens is 2. The molecule has 0 atom stereocenters. The molecule has 0 aliphatic carbocycles. The Labute approximate surface area is 187 Å². The van der Waals surface area contributed by atoms with E-state index in [-0.39, 0.29) is 28.9 Å². The number of pyridine rings is 1. The Bertz CT molecular complexity index is 1000. The molecule has 0 aliphatic heterocycles. The number of amidine groups is 1. The van der Waals surface area contributed by atoms with Gasteiger partial charge in [-0.25, -0.2) is 9.97 Å². The topological polar surface area (TPSA) is 136 Å². The summed E-state index contributed by atoms with van der Waals surface area (Å²) in [5, 5.41) is 15.7. The van der Waals surface area contributed by atoms with Gasteiger partial charge in [0, 0.05) is 45.0 Å². The van der Waals surface area contributed by atoms with Crippen LogP contribution in [0.15, 0.2) is 40.9 Å². The van der Waals surface area contributed by atoms with Crippen molar-refractivity contribution in [1.82, 2.24) is 25.5 Å². The van der Waals surface area contributed by atoms with E-state index in [4.69, 9.17) is 9.83 Å². The number of nitrogens with one attached hydrogen (secondary N) is 4. The molecular formula is C20H24F3N7O3. The minimum atomic E-state index is -4.40. The maximum atomic E-state index is 12.6. The molecule has 33 heavy (non-hydrogen) atoms. The second-order valence-electron chi connectivity index (χ2n) is 6.82. The quantitative estimate of drug-likeness (QED) is 0.171. The molecule has 4 N–H and O–H groups in total. The molecule has 0 aliphatic rings. The third kappa shape index (κ3) is 7.94. The Balaban J connectivity index is 2.09. The van der Waals surface area contributed by atoms with E-state index in [0.29, 0.717) is 24.9 Å². The van der Waals surface area contributed by atoms with E-state index < -0.39 is 18.6 Å². The summed E-state index contributed by atoms with van der Waals surface area (Å²) in [6, 6.07) is 2.79. The lowest BCUT2D eigenvalue weighted by Gasteiger charge is -2.21. The summed E-state index contributed by atoms with van der Waals surface area (Å²) >= 11 is 0. The van der Waals surface area contributed by atoms with Crippen molar-refractivity contribution in [2.45, 2.75) is 19.0 Å². The summed E-state index contributed by atoms with van der Waals surface area (Å²) in [4.78, 5) is 32.6. The number of hydrogen-bond donors (Lipinski definition) is 4. The Morgan fingerprint density at radius 3 is 2.79 bits per heavy atom. The number of nitrogens with zero attached hydrogens (tertiary/aromatic N) is 3. The summed E-state index contributed by atoms with van der Waals surface area (Å²) in [5.74, 6) is -0.652. The molecule has 0 fully saturated rings. The van der Waals surface area contributed by atoms with Crippen LogP contribution in [0.3, 0.4) is 0 Å². The molecule has 0 aromatic carbocycles. The number of aldehydes is 1. The first-order valence-electron chi connectivity index (χ1n) is 9.79. The van der Waals surface area contributed by atoms with Crippen LogP contribution < -0.4 is 16.0 Å². The van der Waals surface area contributed by atoms with Crippen molar-refractivity contribution in [1.29, 1.82) is 5.41 Å². The zero-order valence-electron chi connectivity index (χ0n) is 18.0. The normalized spacial score (nSPS) is 11.6. The Morgan fingerprint density at radius 2 is 2.12 bits per heavy atom. The van der Waals surface area contributed by atoms with E-state index in [1.807, 2.05) is 0 Å². The van der Waals surface area contributed by atoms with E-state index in [0.717, 1.165) is 12.5 Å². The first-order valence-corrected chi connectivity index (χ1v) is 9.79. The van der Waals surface area contributed by atoms with Gasteiger partial charge in [-0.05, 0) is 18.6 Å². The van der Waals surface area contributed by atoms with Crippen molar-refractivity contribution < 1.29 is 27.2 Å². The van der Waals surface area contributed by atoms with Crippen molar-refractivity contribution in [3.05, 3.63) is 42.2 Å². The number of carbonyl (C=O) groups is 2. The number of oxazole rings is 1. The van der Waals surface area contributed by atoms with Gasteiger partial charge in [0.2, 0.25) is 5.89 Å². The SMILES string of the molecule is CN/C=C(/NC(=O)c1coc(-c2ccnc(NCC(F)(F)F)c2)n1)C(=N)N(C)CCCC=O. The largest absolute Gasteiger partial charge is 0.444 e. The highest BCUT2D eigenvalue weighted by Crippen LogP contribution is 2.22. The zero-order valence-corrected chi connectivity index (χ0v) is 18.0. The maximum Gasteiger partial charge on any atom is 0.405 e. The monoisotopic (exact) mass is 467 g/mol. The third-order valence-corrected chi connectivity index (χ3v) is 4.20. The number of halogens is 3. The smallest absolute Gasteiger partial charge is 0.405 e. The molecule has 0 saturated carbocycles. The van der Waals surface area contributed by atoms with E-state index in [9.17, 15) is 22.8 Å². The molecule has 178 valence electrons. The Morgan fingerprint density at radius 1 is 1.36 bits per heavy atom. The van der Waals surface area contributed by atoms with Crippen LogP contribution in [-0.2, 0) is 4.79 Å². The number of rotatable bonds is 11. The second kappa shape index (κ2) is 11.6. The number of anilines is 1. The van der Waals surface area contributed by atoms with Crippen molar-refractivity contribution in [3.63, 3.8) is 0 Å². The van der Waals surface area contributed by atoms with Crippen LogP contribution in [0.4, 0.5) is 19.0 Å². The van der Waals surface area contributed by atoms with Gasteiger partial charge in [-0.3, -0.25) is 10.2 Å². The van der Waals surface area contributed by atoms with Crippen LogP contribution in [0.5, 0.6) is 0 Å². The van der Waals surface area contributed by atoms with Gasteiger partial charge in [-0.2, -0.15) is 13.2 Å². The summed E-state index contributed by atoms with van der Waals surface area (Å²) < 4.78 is 42.5. The number of carbonyl (C=O) groups excluding carboxylic acids is 2. The van der Waals surface area contributed by atoms with Gasteiger partial charge in [0.05, 0.1) is 5.70 Å². The average Bonchev–Trinajstić information content (AvgIpc) is 3.27. The number of alkyl halides is 3. The minimum Gasteiger partial charge on any atom is -0.444 e. The van der Waals surface area contributed by atoms with E-state index >= 15 is 0 Å². The first kappa shape index (κ1) is 25.4. The van der Waals surface area contributed by atoms with Gasteiger partial charge < -0.3 is 30.1 Å². The standard InChI is InChI=1S/C20H24F3N7O3/c1-25-10-14(17(24)30(2)7-3-4-8-31)28-18(32)15-11-33-19(29-15)13-5-6-26-16(9-13)27-12-20(21,22)23/h5-6,8-11,24-25H,3-4,7,12H2,1-2H3,(H,26,27)(H,28,32)/b14-10+,24-17?. The molecule has 2 aromatic rings. The highest BCUT2D eigenvalue weighted by Gasteiger charge is 2.27. The molecule has 0 spiro atoms. The lowest BCUT2D eigenvalue weighted by Crippen LogP contribution is -2.37. The molecule has 13 heteroatoms. The lowest BCUT2D eigenvalue weighted by molar-refractivity contribution is -0.115. The van der Waals surface area contributed by atoms with Crippen molar-refractivity contribution in [2.24, 2.45) is 0 Å². The van der Waals surface area contributed by atoms with Crippen LogP contribution in [0, 0.1) is 5.41 Å². The number of likely N-dealkylation sites (N-methyl/N-ethyl adjacent to an activating group) is 1. The van der Waals surface area contributed by atoms with Crippen molar-refractivity contribution in [2.75, 3.05) is 32.5 Å². The van der Waals surface area contributed by atoms with Crippen LogP contribution >= 0.6 is 0 Å². The lowest BCUT2D eigenvalue weighted by atomic mass is 10.2. The predicted octanol–water partition coefficient (Wildman–Crippen LogP) is 2.39. The summed E-state index contributed by atoms with van der Waals surface area (Å²) in [7, 11) is 3.26. The summed E-state index contributed by atoms with van der Waals surface area (Å²) in [5.41, 5.74) is 0.399. The molecule has 0 bridgehead atoms. The van der Waals surface area contributed by atoms with Gasteiger partial charge in [-0.15, -0.1) is 0 Å². The second-order valence-corrected chi connectivity index (χ2v) is 6.82. The molecule has 2 heterocycles. The summed E-state index contributed by atoms with van der Waals surface area (Å²) in [6.07, 6.45) is 1.13. The highest BCUT2D eigenvalue weighted by molar-refractivity contribution is 6.03. The maximum absolute atomic E-state index is 12.6. The molecule has 0 saturated heterocycles. The van der Waals surface area contributed by atoms with Crippen LogP contribution in [0.1, 0.15) is 23.3 Å². The predicted molar refractivity (Wildman–Crippen MR) is 115 cm³/mol. The molecule has 10 nitrogen and oxygen atoms in total. The molecule has 0 unspecified atom stereocenters.